The Labute approximate surface area is 126 Å². The molecule has 2 rings (SSSR count). The van der Waals surface area contributed by atoms with Crippen LogP contribution in [0.15, 0.2) is 42.5 Å². The van der Waals surface area contributed by atoms with E-state index in [9.17, 15) is 5.11 Å². The standard InChI is InChI=1S/C18H23NO2/c1-13-6-5-7-15(10-13)19(3)12-17(20)16-11-14(2)8-9-18(16)21-4/h5-11,17,20H,12H2,1-4H3. The Kier molecular flexibility index (Phi) is 4.86. The minimum absolute atomic E-state index is 0.517. The molecule has 0 spiro atoms. The van der Waals surface area contributed by atoms with Crippen LogP contribution in [0.4, 0.5) is 5.69 Å². The van der Waals surface area contributed by atoms with Crippen LogP contribution in [0, 0.1) is 13.8 Å². The molecule has 3 heteroatoms. The van der Waals surface area contributed by atoms with E-state index in [-0.39, 0.29) is 0 Å². The van der Waals surface area contributed by atoms with E-state index in [0.29, 0.717) is 6.54 Å². The van der Waals surface area contributed by atoms with E-state index in [1.807, 2.05) is 44.3 Å². The quantitative estimate of drug-likeness (QED) is 0.913. The molecule has 0 aliphatic heterocycles. The maximum absolute atomic E-state index is 10.5. The molecule has 112 valence electrons. The van der Waals surface area contributed by atoms with Gasteiger partial charge in [0.05, 0.1) is 13.2 Å². The van der Waals surface area contributed by atoms with Crippen molar-refractivity contribution in [3.8, 4) is 5.75 Å². The molecule has 1 unspecified atom stereocenters. The van der Waals surface area contributed by atoms with Crippen LogP contribution in [0.25, 0.3) is 0 Å². The number of aliphatic hydroxyl groups excluding tert-OH is 1. The molecule has 1 atom stereocenters. The van der Waals surface area contributed by atoms with E-state index >= 15 is 0 Å². The first-order chi connectivity index (χ1) is 10.0. The lowest BCUT2D eigenvalue weighted by atomic mass is 10.0. The van der Waals surface area contributed by atoms with Gasteiger partial charge in [-0.05, 0) is 43.7 Å². The van der Waals surface area contributed by atoms with Crippen LogP contribution >= 0.6 is 0 Å². The van der Waals surface area contributed by atoms with Gasteiger partial charge in [-0.3, -0.25) is 0 Å². The van der Waals surface area contributed by atoms with Gasteiger partial charge in [-0.1, -0.05) is 23.8 Å². The maximum atomic E-state index is 10.5. The normalized spacial score (nSPS) is 12.0. The zero-order chi connectivity index (χ0) is 15.4. The number of aryl methyl sites for hydroxylation is 2. The van der Waals surface area contributed by atoms with E-state index in [1.165, 1.54) is 5.56 Å². The summed E-state index contributed by atoms with van der Waals surface area (Å²) < 4.78 is 5.35. The van der Waals surface area contributed by atoms with E-state index < -0.39 is 6.10 Å². The molecule has 0 saturated carbocycles. The third kappa shape index (κ3) is 3.76. The number of hydrogen-bond acceptors (Lipinski definition) is 3. The number of hydrogen-bond donors (Lipinski definition) is 1. The first-order valence-electron chi connectivity index (χ1n) is 7.11. The number of rotatable bonds is 5. The molecule has 1 N–H and O–H groups in total. The summed E-state index contributed by atoms with van der Waals surface area (Å²) in [6.45, 7) is 4.60. The predicted molar refractivity (Wildman–Crippen MR) is 87.1 cm³/mol. The van der Waals surface area contributed by atoms with Gasteiger partial charge < -0.3 is 14.7 Å². The molecule has 0 aliphatic rings. The van der Waals surface area contributed by atoms with Crippen molar-refractivity contribution in [3.05, 3.63) is 59.2 Å². The van der Waals surface area contributed by atoms with E-state index in [1.54, 1.807) is 7.11 Å². The molecule has 0 saturated heterocycles. The second-order valence-electron chi connectivity index (χ2n) is 5.48. The summed E-state index contributed by atoms with van der Waals surface area (Å²) in [6.07, 6.45) is -0.592. The highest BCUT2D eigenvalue weighted by atomic mass is 16.5. The van der Waals surface area contributed by atoms with E-state index in [4.69, 9.17) is 4.74 Å². The van der Waals surface area contributed by atoms with Gasteiger partial charge in [-0.25, -0.2) is 0 Å². The minimum Gasteiger partial charge on any atom is -0.496 e. The molecule has 0 fully saturated rings. The maximum Gasteiger partial charge on any atom is 0.124 e. The van der Waals surface area contributed by atoms with Crippen LogP contribution in [0.3, 0.4) is 0 Å². The van der Waals surface area contributed by atoms with Crippen molar-refractivity contribution in [1.29, 1.82) is 0 Å². The summed E-state index contributed by atoms with van der Waals surface area (Å²) in [7, 11) is 3.62. The molecule has 21 heavy (non-hydrogen) atoms. The van der Waals surface area contributed by atoms with Gasteiger partial charge in [0.1, 0.15) is 5.75 Å². The van der Waals surface area contributed by atoms with Gasteiger partial charge in [-0.2, -0.15) is 0 Å². The van der Waals surface area contributed by atoms with Crippen LogP contribution in [-0.2, 0) is 0 Å². The highest BCUT2D eigenvalue weighted by Gasteiger charge is 2.16. The fraction of sp³-hybridized carbons (Fsp3) is 0.333. The molecule has 0 heterocycles. The molecule has 2 aromatic carbocycles. The largest absolute Gasteiger partial charge is 0.496 e. The number of ether oxygens (including phenoxy) is 1. The molecular weight excluding hydrogens is 262 g/mol. The van der Waals surface area contributed by atoms with E-state index in [2.05, 4.69) is 24.0 Å². The first kappa shape index (κ1) is 15.4. The van der Waals surface area contributed by atoms with Gasteiger partial charge in [-0.15, -0.1) is 0 Å². The Balaban J connectivity index is 2.17. The van der Waals surface area contributed by atoms with Crippen molar-refractivity contribution in [2.75, 3.05) is 25.6 Å². The third-order valence-electron chi connectivity index (χ3n) is 3.63. The van der Waals surface area contributed by atoms with Crippen molar-refractivity contribution in [3.63, 3.8) is 0 Å². The Morgan fingerprint density at radius 3 is 2.48 bits per heavy atom. The van der Waals surface area contributed by atoms with Crippen molar-refractivity contribution in [2.45, 2.75) is 20.0 Å². The predicted octanol–water partition coefficient (Wildman–Crippen LogP) is 3.48. The zero-order valence-electron chi connectivity index (χ0n) is 13.1. The fourth-order valence-corrected chi connectivity index (χ4v) is 2.44. The van der Waals surface area contributed by atoms with Crippen molar-refractivity contribution in [1.82, 2.24) is 0 Å². The number of benzene rings is 2. The molecule has 0 amide bonds. The zero-order valence-corrected chi connectivity index (χ0v) is 13.1. The Hall–Kier alpha value is -2.00. The average molecular weight is 285 g/mol. The molecular formula is C18H23NO2. The summed E-state index contributed by atoms with van der Waals surface area (Å²) in [5.74, 6) is 0.728. The van der Waals surface area contributed by atoms with Crippen LogP contribution in [0.2, 0.25) is 0 Å². The summed E-state index contributed by atoms with van der Waals surface area (Å²) in [5, 5.41) is 10.5. The molecule has 2 aromatic rings. The molecule has 3 nitrogen and oxygen atoms in total. The summed E-state index contributed by atoms with van der Waals surface area (Å²) in [5.41, 5.74) is 4.25. The van der Waals surface area contributed by atoms with E-state index in [0.717, 1.165) is 22.6 Å². The summed E-state index contributed by atoms with van der Waals surface area (Å²) >= 11 is 0. The van der Waals surface area contributed by atoms with Gasteiger partial charge in [0.25, 0.3) is 0 Å². The lowest BCUT2D eigenvalue weighted by Gasteiger charge is -2.24. The van der Waals surface area contributed by atoms with Gasteiger partial charge in [0.2, 0.25) is 0 Å². The smallest absolute Gasteiger partial charge is 0.124 e. The first-order valence-corrected chi connectivity index (χ1v) is 7.11. The fourth-order valence-electron chi connectivity index (χ4n) is 2.44. The SMILES string of the molecule is COc1ccc(C)cc1C(O)CN(C)c1cccc(C)c1. The minimum atomic E-state index is -0.592. The van der Waals surface area contributed by atoms with Crippen molar-refractivity contribution >= 4 is 5.69 Å². The number of anilines is 1. The second kappa shape index (κ2) is 6.64. The topological polar surface area (TPSA) is 32.7 Å². The Morgan fingerprint density at radius 2 is 1.81 bits per heavy atom. The van der Waals surface area contributed by atoms with Gasteiger partial charge in [0.15, 0.2) is 0 Å². The highest BCUT2D eigenvalue weighted by Crippen LogP contribution is 2.28. The highest BCUT2D eigenvalue weighted by molar-refractivity contribution is 5.48. The Bertz CT molecular complexity index is 610. The number of methoxy groups -OCH3 is 1. The van der Waals surface area contributed by atoms with Crippen LogP contribution < -0.4 is 9.64 Å². The number of aliphatic hydroxyl groups is 1. The number of likely N-dealkylation sites (N-methyl/N-ethyl adjacent to an activating group) is 1. The van der Waals surface area contributed by atoms with Gasteiger partial charge in [0, 0.05) is 24.8 Å². The lowest BCUT2D eigenvalue weighted by Crippen LogP contribution is -2.24. The lowest BCUT2D eigenvalue weighted by molar-refractivity contribution is 0.180. The van der Waals surface area contributed by atoms with Gasteiger partial charge >= 0.3 is 0 Å². The van der Waals surface area contributed by atoms with Crippen LogP contribution in [0.1, 0.15) is 22.8 Å². The van der Waals surface area contributed by atoms with Crippen LogP contribution in [0.5, 0.6) is 5.75 Å². The average Bonchev–Trinajstić information content (AvgIpc) is 2.47. The molecule has 0 aliphatic carbocycles. The summed E-state index contributed by atoms with van der Waals surface area (Å²) in [6, 6.07) is 14.1. The van der Waals surface area contributed by atoms with Crippen LogP contribution in [-0.4, -0.2) is 25.8 Å². The molecule has 0 radical (unpaired) electrons. The van der Waals surface area contributed by atoms with Crippen molar-refractivity contribution in [2.24, 2.45) is 0 Å². The monoisotopic (exact) mass is 285 g/mol. The molecule has 0 bridgehead atoms. The summed E-state index contributed by atoms with van der Waals surface area (Å²) in [4.78, 5) is 2.06. The third-order valence-corrected chi connectivity index (χ3v) is 3.63. The Morgan fingerprint density at radius 1 is 1.10 bits per heavy atom. The number of nitrogens with zero attached hydrogens (tertiary/aromatic N) is 1. The molecule has 0 aromatic heterocycles. The second-order valence-corrected chi connectivity index (χ2v) is 5.48. The van der Waals surface area contributed by atoms with Crippen molar-refractivity contribution < 1.29 is 9.84 Å².